The van der Waals surface area contributed by atoms with Crippen LogP contribution in [0.3, 0.4) is 0 Å². The molecule has 1 aromatic carbocycles. The molecular weight excluding hydrogens is 274 g/mol. The molecule has 0 unspecified atom stereocenters. The fourth-order valence-electron chi connectivity index (χ4n) is 1.78. The monoisotopic (exact) mass is 291 g/mol. The topological polar surface area (TPSA) is 88.6 Å². The molecule has 1 aromatic heterocycles. The number of benzene rings is 1. The number of nitrogens with two attached hydrogens (primary N) is 1. The normalized spacial score (nSPS) is 10.2. The standard InChI is InChI=1S/C14H17N3O4/c1-19-12-4-3-10(5-13(12)20-2)9-21-14(18)8-17-7-11(15)6-16-17/h3-7H,8-9,15H2,1-2H3. The van der Waals surface area contributed by atoms with Gasteiger partial charge < -0.3 is 19.9 Å². The average Bonchev–Trinajstić information content (AvgIpc) is 2.89. The number of esters is 1. The summed E-state index contributed by atoms with van der Waals surface area (Å²) < 4.78 is 16.9. The molecule has 0 saturated heterocycles. The summed E-state index contributed by atoms with van der Waals surface area (Å²) in [7, 11) is 3.11. The molecule has 0 atom stereocenters. The van der Waals surface area contributed by atoms with Gasteiger partial charge in [0.1, 0.15) is 13.2 Å². The Morgan fingerprint density at radius 1 is 1.29 bits per heavy atom. The van der Waals surface area contributed by atoms with Gasteiger partial charge in [-0.3, -0.25) is 9.48 Å². The second-order valence-electron chi connectivity index (χ2n) is 4.32. The maximum absolute atomic E-state index is 11.7. The molecule has 0 fully saturated rings. The van der Waals surface area contributed by atoms with Gasteiger partial charge >= 0.3 is 5.97 Å². The molecule has 7 heteroatoms. The third-order valence-corrected chi connectivity index (χ3v) is 2.79. The summed E-state index contributed by atoms with van der Waals surface area (Å²) in [6.07, 6.45) is 3.04. The van der Waals surface area contributed by atoms with Crippen molar-refractivity contribution in [2.45, 2.75) is 13.2 Å². The summed E-state index contributed by atoms with van der Waals surface area (Å²) >= 11 is 0. The van der Waals surface area contributed by atoms with Crippen molar-refractivity contribution in [3.05, 3.63) is 36.2 Å². The van der Waals surface area contributed by atoms with Crippen molar-refractivity contribution < 1.29 is 19.0 Å². The van der Waals surface area contributed by atoms with E-state index in [2.05, 4.69) is 5.10 Å². The molecule has 0 aliphatic rings. The first kappa shape index (κ1) is 14.7. The number of anilines is 1. The zero-order valence-electron chi connectivity index (χ0n) is 11.9. The maximum Gasteiger partial charge on any atom is 0.328 e. The molecule has 0 saturated carbocycles. The van der Waals surface area contributed by atoms with E-state index in [0.717, 1.165) is 5.56 Å². The predicted octanol–water partition coefficient (Wildman–Crippen LogP) is 1.23. The van der Waals surface area contributed by atoms with Gasteiger partial charge in [0.05, 0.1) is 26.1 Å². The fourth-order valence-corrected chi connectivity index (χ4v) is 1.78. The lowest BCUT2D eigenvalue weighted by Gasteiger charge is -2.10. The molecule has 2 N–H and O–H groups in total. The Bertz CT molecular complexity index is 624. The summed E-state index contributed by atoms with van der Waals surface area (Å²) in [4.78, 5) is 11.7. The number of hydrogen-bond acceptors (Lipinski definition) is 6. The van der Waals surface area contributed by atoms with E-state index in [4.69, 9.17) is 19.9 Å². The van der Waals surface area contributed by atoms with E-state index in [1.807, 2.05) is 0 Å². The van der Waals surface area contributed by atoms with Crippen LogP contribution in [0.15, 0.2) is 30.6 Å². The third-order valence-electron chi connectivity index (χ3n) is 2.79. The van der Waals surface area contributed by atoms with Crippen molar-refractivity contribution in [3.63, 3.8) is 0 Å². The van der Waals surface area contributed by atoms with Gasteiger partial charge in [0.15, 0.2) is 11.5 Å². The largest absolute Gasteiger partial charge is 0.493 e. The molecule has 112 valence electrons. The Balaban J connectivity index is 1.91. The summed E-state index contributed by atoms with van der Waals surface area (Å²) in [5, 5.41) is 3.92. The first-order valence-electron chi connectivity index (χ1n) is 6.27. The van der Waals surface area contributed by atoms with E-state index in [-0.39, 0.29) is 13.2 Å². The molecule has 0 amide bonds. The number of carbonyl (C=O) groups excluding carboxylic acids is 1. The second-order valence-corrected chi connectivity index (χ2v) is 4.32. The first-order valence-corrected chi connectivity index (χ1v) is 6.27. The Morgan fingerprint density at radius 3 is 2.67 bits per heavy atom. The quantitative estimate of drug-likeness (QED) is 0.805. The maximum atomic E-state index is 11.7. The fraction of sp³-hybridized carbons (Fsp3) is 0.286. The molecule has 7 nitrogen and oxygen atoms in total. The lowest BCUT2D eigenvalue weighted by molar-refractivity contribution is -0.145. The molecule has 0 radical (unpaired) electrons. The highest BCUT2D eigenvalue weighted by atomic mass is 16.5. The van der Waals surface area contributed by atoms with Crippen LogP contribution in [0, 0.1) is 0 Å². The third kappa shape index (κ3) is 3.88. The van der Waals surface area contributed by atoms with Crippen LogP contribution in [0.5, 0.6) is 11.5 Å². The summed E-state index contributed by atoms with van der Waals surface area (Å²) in [6.45, 7) is 0.167. The van der Waals surface area contributed by atoms with Crippen LogP contribution < -0.4 is 15.2 Å². The van der Waals surface area contributed by atoms with E-state index in [0.29, 0.717) is 17.2 Å². The van der Waals surface area contributed by atoms with Crippen molar-refractivity contribution in [2.24, 2.45) is 0 Å². The summed E-state index contributed by atoms with van der Waals surface area (Å²) in [5.74, 6) is 0.818. The smallest absolute Gasteiger partial charge is 0.328 e. The van der Waals surface area contributed by atoms with E-state index < -0.39 is 5.97 Å². The predicted molar refractivity (Wildman–Crippen MR) is 76.0 cm³/mol. The van der Waals surface area contributed by atoms with Crippen molar-refractivity contribution in [3.8, 4) is 11.5 Å². The molecule has 2 rings (SSSR count). The van der Waals surface area contributed by atoms with Crippen LogP contribution >= 0.6 is 0 Å². The number of hydrogen-bond donors (Lipinski definition) is 1. The zero-order chi connectivity index (χ0) is 15.2. The van der Waals surface area contributed by atoms with Crippen LogP contribution in [0.25, 0.3) is 0 Å². The minimum Gasteiger partial charge on any atom is -0.493 e. The number of nitrogen functional groups attached to an aromatic ring is 1. The lowest BCUT2D eigenvalue weighted by atomic mass is 10.2. The SMILES string of the molecule is COc1ccc(COC(=O)Cn2cc(N)cn2)cc1OC. The van der Waals surface area contributed by atoms with Gasteiger partial charge in [0, 0.05) is 6.20 Å². The Hall–Kier alpha value is -2.70. The highest BCUT2D eigenvalue weighted by Gasteiger charge is 2.08. The van der Waals surface area contributed by atoms with Gasteiger partial charge in [-0.05, 0) is 17.7 Å². The van der Waals surface area contributed by atoms with Crippen molar-refractivity contribution in [1.82, 2.24) is 9.78 Å². The van der Waals surface area contributed by atoms with Gasteiger partial charge in [-0.15, -0.1) is 0 Å². The highest BCUT2D eigenvalue weighted by molar-refractivity contribution is 5.69. The highest BCUT2D eigenvalue weighted by Crippen LogP contribution is 2.27. The minimum atomic E-state index is -0.395. The molecule has 21 heavy (non-hydrogen) atoms. The van der Waals surface area contributed by atoms with Gasteiger partial charge in [-0.25, -0.2) is 0 Å². The summed E-state index contributed by atoms with van der Waals surface area (Å²) in [5.41, 5.74) is 6.83. The van der Waals surface area contributed by atoms with E-state index >= 15 is 0 Å². The summed E-state index contributed by atoms with van der Waals surface area (Å²) in [6, 6.07) is 5.33. The van der Waals surface area contributed by atoms with Gasteiger partial charge in [0.25, 0.3) is 0 Å². The number of methoxy groups -OCH3 is 2. The average molecular weight is 291 g/mol. The van der Waals surface area contributed by atoms with Crippen LogP contribution in [-0.2, 0) is 22.7 Å². The van der Waals surface area contributed by atoms with Crippen LogP contribution in [0.2, 0.25) is 0 Å². The Labute approximate surface area is 122 Å². The van der Waals surface area contributed by atoms with E-state index in [9.17, 15) is 4.79 Å². The Morgan fingerprint density at radius 2 is 2.05 bits per heavy atom. The zero-order valence-corrected chi connectivity index (χ0v) is 11.9. The molecule has 0 spiro atoms. The second kappa shape index (κ2) is 6.65. The van der Waals surface area contributed by atoms with Gasteiger partial charge in [-0.2, -0.15) is 5.10 Å². The molecule has 0 aliphatic carbocycles. The van der Waals surface area contributed by atoms with Crippen molar-refractivity contribution in [2.75, 3.05) is 20.0 Å². The van der Waals surface area contributed by atoms with Crippen LogP contribution in [-0.4, -0.2) is 30.0 Å². The van der Waals surface area contributed by atoms with Crippen molar-refractivity contribution >= 4 is 11.7 Å². The van der Waals surface area contributed by atoms with Gasteiger partial charge in [0.2, 0.25) is 0 Å². The van der Waals surface area contributed by atoms with Crippen molar-refractivity contribution in [1.29, 1.82) is 0 Å². The number of aromatic nitrogens is 2. The van der Waals surface area contributed by atoms with Crippen LogP contribution in [0.4, 0.5) is 5.69 Å². The molecular formula is C14H17N3O4. The first-order chi connectivity index (χ1) is 10.1. The number of ether oxygens (including phenoxy) is 3. The minimum absolute atomic E-state index is 0.0183. The number of rotatable bonds is 6. The molecule has 0 aliphatic heterocycles. The van der Waals surface area contributed by atoms with E-state index in [1.165, 1.54) is 10.9 Å². The molecule has 0 bridgehead atoms. The lowest BCUT2D eigenvalue weighted by Crippen LogP contribution is -2.13. The van der Waals surface area contributed by atoms with E-state index in [1.54, 1.807) is 38.6 Å². The number of carbonyl (C=O) groups is 1. The molecule has 2 aromatic rings. The van der Waals surface area contributed by atoms with Gasteiger partial charge in [-0.1, -0.05) is 6.07 Å². The number of nitrogens with zero attached hydrogens (tertiary/aromatic N) is 2. The molecule has 1 heterocycles. The Kier molecular flexibility index (Phi) is 4.65. The van der Waals surface area contributed by atoms with Crippen LogP contribution in [0.1, 0.15) is 5.56 Å².